The Balaban J connectivity index is 1.78. The molecule has 4 heteroatoms. The van der Waals surface area contributed by atoms with E-state index in [1.54, 1.807) is 11.3 Å². The highest BCUT2D eigenvalue weighted by Crippen LogP contribution is 2.36. The molecule has 106 valence electrons. The Morgan fingerprint density at radius 2 is 2.25 bits per heavy atom. The molecule has 0 radical (unpaired) electrons. The lowest BCUT2D eigenvalue weighted by Gasteiger charge is -2.29. The zero-order chi connectivity index (χ0) is 14.0. The van der Waals surface area contributed by atoms with Crippen LogP contribution in [0, 0.1) is 0 Å². The van der Waals surface area contributed by atoms with Crippen LogP contribution in [-0.4, -0.2) is 16.7 Å². The number of hydrogen-bond acceptors (Lipinski definition) is 4. The lowest BCUT2D eigenvalue weighted by atomic mass is 9.92. The van der Waals surface area contributed by atoms with Gasteiger partial charge in [-0.1, -0.05) is 31.2 Å². The van der Waals surface area contributed by atoms with Gasteiger partial charge in [0.1, 0.15) is 0 Å². The molecule has 1 unspecified atom stereocenters. The highest BCUT2D eigenvalue weighted by atomic mass is 32.1. The molecule has 1 aromatic carbocycles. The topological polar surface area (TPSA) is 45.2 Å². The molecule has 0 saturated carbocycles. The summed E-state index contributed by atoms with van der Waals surface area (Å²) in [5.41, 5.74) is 3.37. The smallest absolute Gasteiger partial charge is 0.0926 e. The molecule has 0 bridgehead atoms. The second kappa shape index (κ2) is 5.64. The summed E-state index contributed by atoms with van der Waals surface area (Å²) in [6.07, 6.45) is 2.97. The first kappa shape index (κ1) is 13.7. The van der Waals surface area contributed by atoms with Gasteiger partial charge in [0.05, 0.1) is 22.8 Å². The van der Waals surface area contributed by atoms with Gasteiger partial charge in [-0.25, -0.2) is 4.98 Å². The number of fused-ring (bicyclic) bond motifs is 1. The number of aromatic nitrogens is 1. The second-order valence-electron chi connectivity index (χ2n) is 5.34. The normalized spacial score (nSPS) is 21.1. The second-order valence-corrected chi connectivity index (χ2v) is 6.28. The maximum absolute atomic E-state index is 9.91. The monoisotopic (exact) mass is 288 g/mol. The predicted octanol–water partition coefficient (Wildman–Crippen LogP) is 2.63. The van der Waals surface area contributed by atoms with Crippen LogP contribution in [0.5, 0.6) is 0 Å². The Hall–Kier alpha value is -1.23. The van der Waals surface area contributed by atoms with Crippen LogP contribution >= 0.6 is 11.3 Å². The van der Waals surface area contributed by atoms with E-state index in [0.717, 1.165) is 25.0 Å². The van der Waals surface area contributed by atoms with Crippen LogP contribution < -0.4 is 5.32 Å². The Kier molecular flexibility index (Phi) is 3.87. The van der Waals surface area contributed by atoms with E-state index in [4.69, 9.17) is 0 Å². The first-order chi connectivity index (χ1) is 9.77. The average molecular weight is 288 g/mol. The van der Waals surface area contributed by atoms with Crippen LogP contribution in [0.3, 0.4) is 0 Å². The molecule has 1 aromatic heterocycles. The molecule has 0 saturated heterocycles. The van der Waals surface area contributed by atoms with E-state index in [1.807, 2.05) is 6.07 Å². The van der Waals surface area contributed by atoms with Gasteiger partial charge >= 0.3 is 0 Å². The van der Waals surface area contributed by atoms with Crippen LogP contribution in [0.2, 0.25) is 0 Å². The standard InChI is InChI=1S/C16H20N2OS/c1-2-15-18-13(10-20-15)9-17-16(11-19)8-7-12-5-3-4-6-14(12)16/h3-6,10,17,19H,2,7-9,11H2,1H3. The molecule has 3 rings (SSSR count). The zero-order valence-electron chi connectivity index (χ0n) is 11.7. The minimum Gasteiger partial charge on any atom is -0.394 e. The molecule has 20 heavy (non-hydrogen) atoms. The third-order valence-electron chi connectivity index (χ3n) is 4.13. The highest BCUT2D eigenvalue weighted by Gasteiger charge is 2.37. The maximum Gasteiger partial charge on any atom is 0.0926 e. The summed E-state index contributed by atoms with van der Waals surface area (Å²) < 4.78 is 0. The Labute approximate surface area is 123 Å². The van der Waals surface area contributed by atoms with Crippen molar-refractivity contribution in [1.82, 2.24) is 10.3 Å². The van der Waals surface area contributed by atoms with Crippen molar-refractivity contribution in [2.45, 2.75) is 38.3 Å². The molecule has 1 aliphatic carbocycles. The lowest BCUT2D eigenvalue weighted by molar-refractivity contribution is 0.158. The van der Waals surface area contributed by atoms with E-state index in [-0.39, 0.29) is 12.1 Å². The lowest BCUT2D eigenvalue weighted by Crippen LogP contribution is -2.43. The quantitative estimate of drug-likeness (QED) is 0.889. The largest absolute Gasteiger partial charge is 0.394 e. The number of benzene rings is 1. The summed E-state index contributed by atoms with van der Waals surface area (Å²) in [7, 11) is 0. The molecule has 0 spiro atoms. The number of aryl methyl sites for hydroxylation is 2. The maximum atomic E-state index is 9.91. The van der Waals surface area contributed by atoms with E-state index in [1.165, 1.54) is 16.1 Å². The summed E-state index contributed by atoms with van der Waals surface area (Å²) in [6.45, 7) is 2.97. The van der Waals surface area contributed by atoms with Gasteiger partial charge in [-0.15, -0.1) is 11.3 Å². The first-order valence-electron chi connectivity index (χ1n) is 7.15. The average Bonchev–Trinajstić information content (AvgIpc) is 3.10. The molecule has 1 atom stereocenters. The van der Waals surface area contributed by atoms with Gasteiger partial charge in [0, 0.05) is 11.9 Å². The fourth-order valence-corrected chi connectivity index (χ4v) is 3.69. The van der Waals surface area contributed by atoms with Gasteiger partial charge in [0.2, 0.25) is 0 Å². The highest BCUT2D eigenvalue weighted by molar-refractivity contribution is 7.09. The molecule has 0 fully saturated rings. The predicted molar refractivity (Wildman–Crippen MR) is 81.9 cm³/mol. The molecule has 3 nitrogen and oxygen atoms in total. The van der Waals surface area contributed by atoms with Gasteiger partial charge in [0.25, 0.3) is 0 Å². The van der Waals surface area contributed by atoms with Gasteiger partial charge < -0.3 is 5.11 Å². The van der Waals surface area contributed by atoms with Crippen molar-refractivity contribution in [2.24, 2.45) is 0 Å². The number of thiazole rings is 1. The van der Waals surface area contributed by atoms with Crippen molar-refractivity contribution >= 4 is 11.3 Å². The number of nitrogens with one attached hydrogen (secondary N) is 1. The van der Waals surface area contributed by atoms with Crippen molar-refractivity contribution in [2.75, 3.05) is 6.61 Å². The van der Waals surface area contributed by atoms with Gasteiger partial charge in [0.15, 0.2) is 0 Å². The first-order valence-corrected chi connectivity index (χ1v) is 8.03. The van der Waals surface area contributed by atoms with Crippen LogP contribution in [0.4, 0.5) is 0 Å². The molecule has 2 N–H and O–H groups in total. The van der Waals surface area contributed by atoms with E-state index in [9.17, 15) is 5.11 Å². The minimum atomic E-state index is -0.299. The van der Waals surface area contributed by atoms with Crippen LogP contribution in [0.25, 0.3) is 0 Å². The SMILES string of the molecule is CCc1nc(CNC2(CO)CCc3ccccc32)cs1. The van der Waals surface area contributed by atoms with Gasteiger partial charge in [-0.2, -0.15) is 0 Å². The van der Waals surface area contributed by atoms with E-state index < -0.39 is 0 Å². The Morgan fingerprint density at radius 1 is 1.40 bits per heavy atom. The number of hydrogen-bond donors (Lipinski definition) is 2. The van der Waals surface area contributed by atoms with Crippen LogP contribution in [0.15, 0.2) is 29.6 Å². The van der Waals surface area contributed by atoms with E-state index >= 15 is 0 Å². The Bertz CT molecular complexity index is 596. The van der Waals surface area contributed by atoms with Crippen LogP contribution in [0.1, 0.15) is 35.2 Å². The molecule has 0 aliphatic heterocycles. The zero-order valence-corrected chi connectivity index (χ0v) is 12.5. The summed E-state index contributed by atoms with van der Waals surface area (Å²) in [4.78, 5) is 4.59. The van der Waals surface area contributed by atoms with E-state index in [2.05, 4.69) is 40.8 Å². The van der Waals surface area contributed by atoms with Crippen molar-refractivity contribution in [1.29, 1.82) is 0 Å². The van der Waals surface area contributed by atoms with Crippen molar-refractivity contribution in [3.63, 3.8) is 0 Å². The van der Waals surface area contributed by atoms with Crippen molar-refractivity contribution in [3.05, 3.63) is 51.5 Å². The van der Waals surface area contributed by atoms with Gasteiger partial charge in [-0.3, -0.25) is 5.32 Å². The Morgan fingerprint density at radius 3 is 3.00 bits per heavy atom. The molecular weight excluding hydrogens is 268 g/mol. The fraction of sp³-hybridized carbons (Fsp3) is 0.438. The molecular formula is C16H20N2OS. The van der Waals surface area contributed by atoms with Crippen molar-refractivity contribution in [3.8, 4) is 0 Å². The number of nitrogens with zero attached hydrogens (tertiary/aromatic N) is 1. The summed E-state index contributed by atoms with van der Waals surface area (Å²) >= 11 is 1.71. The molecule has 1 aliphatic rings. The van der Waals surface area contributed by atoms with Gasteiger partial charge in [-0.05, 0) is 30.4 Å². The number of aliphatic hydroxyl groups is 1. The minimum absolute atomic E-state index is 0.134. The summed E-state index contributed by atoms with van der Waals surface area (Å²) in [5, 5.41) is 16.7. The summed E-state index contributed by atoms with van der Waals surface area (Å²) in [5.74, 6) is 0. The third kappa shape index (κ3) is 2.39. The van der Waals surface area contributed by atoms with Crippen LogP contribution in [-0.2, 0) is 24.9 Å². The van der Waals surface area contributed by atoms with E-state index in [0.29, 0.717) is 6.54 Å². The number of aliphatic hydroxyl groups excluding tert-OH is 1. The molecule has 2 aromatic rings. The molecule has 1 heterocycles. The fourth-order valence-electron chi connectivity index (χ4n) is 2.94. The van der Waals surface area contributed by atoms with Crippen molar-refractivity contribution < 1.29 is 5.11 Å². The number of rotatable bonds is 5. The third-order valence-corrected chi connectivity index (χ3v) is 5.18. The molecule has 0 amide bonds. The summed E-state index contributed by atoms with van der Waals surface area (Å²) in [6, 6.07) is 8.41.